The topological polar surface area (TPSA) is 55.6 Å². The fraction of sp³-hybridized carbons (Fsp3) is 0.417. The fourth-order valence-corrected chi connectivity index (χ4v) is 2.35. The largest absolute Gasteiger partial charge is 0.369 e. The van der Waals surface area contributed by atoms with E-state index < -0.39 is 0 Å². The monoisotopic (exact) mass is 355 g/mol. The van der Waals surface area contributed by atoms with Gasteiger partial charge in [0.2, 0.25) is 0 Å². The van der Waals surface area contributed by atoms with Crippen molar-refractivity contribution in [1.29, 1.82) is 0 Å². The number of hydrogen-bond donors (Lipinski definition) is 1. The number of aromatic nitrogens is 4. The highest BCUT2D eigenvalue weighted by Crippen LogP contribution is 2.37. The van der Waals surface area contributed by atoms with Crippen LogP contribution < -0.4 is 5.32 Å². The first-order valence-electron chi connectivity index (χ1n) is 6.08. The molecule has 0 aliphatic heterocycles. The van der Waals surface area contributed by atoms with Crippen LogP contribution in [0.3, 0.4) is 0 Å². The van der Waals surface area contributed by atoms with E-state index in [0.29, 0.717) is 6.04 Å². The van der Waals surface area contributed by atoms with Gasteiger partial charge in [0.05, 0.1) is 16.1 Å². The molecule has 0 bridgehead atoms. The molecule has 0 aromatic carbocycles. The molecule has 5 nitrogen and oxygen atoms in total. The molecule has 2 aromatic rings. The molecule has 1 fully saturated rings. The van der Waals surface area contributed by atoms with Gasteiger partial charge in [-0.2, -0.15) is 0 Å². The molecule has 1 aliphatic rings. The lowest BCUT2D eigenvalue weighted by Crippen LogP contribution is -2.05. The molecule has 6 heteroatoms. The first-order valence-corrected chi connectivity index (χ1v) is 7.16. The summed E-state index contributed by atoms with van der Waals surface area (Å²) in [5.41, 5.74) is 1.01. The van der Waals surface area contributed by atoms with Gasteiger partial charge in [0.15, 0.2) is 5.82 Å². The van der Waals surface area contributed by atoms with E-state index in [4.69, 9.17) is 0 Å². The summed E-state index contributed by atoms with van der Waals surface area (Å²) in [4.78, 5) is 13.2. The standard InChI is InChI=1S/C12H14IN5/c1-2-15-11-9(13)5-16-12(17-11)10-6-14-7-18(10)8-3-4-8/h5-8H,2-4H2,1H3,(H,15,16,17). The van der Waals surface area contributed by atoms with E-state index in [1.807, 2.05) is 18.7 Å². The predicted molar refractivity (Wildman–Crippen MR) is 78.4 cm³/mol. The maximum Gasteiger partial charge on any atom is 0.179 e. The predicted octanol–water partition coefficient (Wildman–Crippen LogP) is 2.71. The summed E-state index contributed by atoms with van der Waals surface area (Å²) < 4.78 is 3.22. The van der Waals surface area contributed by atoms with Crippen LogP contribution in [0, 0.1) is 3.57 Å². The highest BCUT2D eigenvalue weighted by molar-refractivity contribution is 14.1. The van der Waals surface area contributed by atoms with Crippen molar-refractivity contribution in [2.24, 2.45) is 0 Å². The molecule has 3 rings (SSSR count). The van der Waals surface area contributed by atoms with Gasteiger partial charge in [0.25, 0.3) is 0 Å². The van der Waals surface area contributed by atoms with Gasteiger partial charge in [-0.05, 0) is 42.4 Å². The Morgan fingerprint density at radius 1 is 1.44 bits per heavy atom. The zero-order chi connectivity index (χ0) is 12.5. The maximum absolute atomic E-state index is 4.58. The zero-order valence-electron chi connectivity index (χ0n) is 10.1. The Morgan fingerprint density at radius 2 is 2.28 bits per heavy atom. The van der Waals surface area contributed by atoms with Gasteiger partial charge in [-0.25, -0.2) is 15.0 Å². The Kier molecular flexibility index (Phi) is 3.19. The summed E-state index contributed by atoms with van der Waals surface area (Å²) in [6, 6.07) is 0.591. The van der Waals surface area contributed by atoms with Gasteiger partial charge in [-0.1, -0.05) is 0 Å². The lowest BCUT2D eigenvalue weighted by molar-refractivity contribution is 0.743. The molecule has 0 amide bonds. The average molecular weight is 355 g/mol. The molecule has 2 heterocycles. The summed E-state index contributed by atoms with van der Waals surface area (Å²) >= 11 is 2.24. The van der Waals surface area contributed by atoms with Crippen LogP contribution in [0.15, 0.2) is 18.7 Å². The molecule has 0 saturated heterocycles. The van der Waals surface area contributed by atoms with Crippen LogP contribution in [0.1, 0.15) is 25.8 Å². The third-order valence-corrected chi connectivity index (χ3v) is 3.71. The Labute approximate surface area is 119 Å². The van der Waals surface area contributed by atoms with Crippen LogP contribution in [-0.2, 0) is 0 Å². The first-order chi connectivity index (χ1) is 8.79. The van der Waals surface area contributed by atoms with E-state index in [1.54, 1.807) is 0 Å². The van der Waals surface area contributed by atoms with E-state index in [2.05, 4.69) is 54.4 Å². The number of anilines is 1. The summed E-state index contributed by atoms with van der Waals surface area (Å²) in [6.07, 6.45) is 8.03. The highest BCUT2D eigenvalue weighted by atomic mass is 127. The minimum atomic E-state index is 0.591. The zero-order valence-corrected chi connectivity index (χ0v) is 12.3. The summed E-state index contributed by atoms with van der Waals surface area (Å²) in [5, 5.41) is 3.25. The number of imidazole rings is 1. The van der Waals surface area contributed by atoms with E-state index in [-0.39, 0.29) is 0 Å². The number of nitrogens with zero attached hydrogens (tertiary/aromatic N) is 4. The van der Waals surface area contributed by atoms with Crippen molar-refractivity contribution in [2.45, 2.75) is 25.8 Å². The molecule has 94 valence electrons. The number of halogens is 1. The van der Waals surface area contributed by atoms with Crippen LogP contribution >= 0.6 is 22.6 Å². The van der Waals surface area contributed by atoms with Gasteiger partial charge < -0.3 is 9.88 Å². The molecule has 18 heavy (non-hydrogen) atoms. The van der Waals surface area contributed by atoms with Crippen LogP contribution in [0.2, 0.25) is 0 Å². The molecule has 0 unspecified atom stereocenters. The van der Waals surface area contributed by atoms with E-state index in [1.165, 1.54) is 12.8 Å². The molecule has 2 aromatic heterocycles. The van der Waals surface area contributed by atoms with Crippen LogP contribution in [-0.4, -0.2) is 26.1 Å². The van der Waals surface area contributed by atoms with Crippen molar-refractivity contribution >= 4 is 28.4 Å². The second-order valence-corrected chi connectivity index (χ2v) is 5.50. The molecule has 1 N–H and O–H groups in total. The second-order valence-electron chi connectivity index (χ2n) is 4.34. The van der Waals surface area contributed by atoms with E-state index in [9.17, 15) is 0 Å². The van der Waals surface area contributed by atoms with E-state index in [0.717, 1.165) is 27.5 Å². The molecule has 1 aliphatic carbocycles. The molecule has 0 atom stereocenters. The Morgan fingerprint density at radius 3 is 3.00 bits per heavy atom. The SMILES string of the molecule is CCNc1nc(-c2cncn2C2CC2)ncc1I. The number of rotatable bonds is 4. The minimum absolute atomic E-state index is 0.591. The first kappa shape index (κ1) is 11.9. The molecular formula is C12H14IN5. The van der Waals surface area contributed by atoms with Crippen molar-refractivity contribution in [3.8, 4) is 11.5 Å². The maximum atomic E-state index is 4.58. The normalized spacial score (nSPS) is 14.8. The summed E-state index contributed by atoms with van der Waals surface area (Å²) in [5.74, 6) is 1.64. The average Bonchev–Trinajstić information content (AvgIpc) is 3.10. The van der Waals surface area contributed by atoms with Crippen LogP contribution in [0.4, 0.5) is 5.82 Å². The molecular weight excluding hydrogens is 341 g/mol. The van der Waals surface area contributed by atoms with Gasteiger partial charge in [-0.15, -0.1) is 0 Å². The van der Waals surface area contributed by atoms with Gasteiger partial charge in [0.1, 0.15) is 11.5 Å². The van der Waals surface area contributed by atoms with Crippen LogP contribution in [0.5, 0.6) is 0 Å². The Bertz CT molecular complexity index is 561. The fourth-order valence-electron chi connectivity index (χ4n) is 1.90. The molecule has 0 spiro atoms. The molecule has 0 radical (unpaired) electrons. The highest BCUT2D eigenvalue weighted by Gasteiger charge is 2.26. The third kappa shape index (κ3) is 2.21. The van der Waals surface area contributed by atoms with Gasteiger partial charge in [0, 0.05) is 18.8 Å². The van der Waals surface area contributed by atoms with Crippen molar-refractivity contribution in [3.63, 3.8) is 0 Å². The van der Waals surface area contributed by atoms with Crippen molar-refractivity contribution in [3.05, 3.63) is 22.3 Å². The van der Waals surface area contributed by atoms with Crippen molar-refractivity contribution in [2.75, 3.05) is 11.9 Å². The summed E-state index contributed by atoms with van der Waals surface area (Å²) in [7, 11) is 0. The number of hydrogen-bond acceptors (Lipinski definition) is 4. The minimum Gasteiger partial charge on any atom is -0.369 e. The molecule has 1 saturated carbocycles. The summed E-state index contributed by atoms with van der Waals surface area (Å²) in [6.45, 7) is 2.92. The van der Waals surface area contributed by atoms with Crippen molar-refractivity contribution in [1.82, 2.24) is 19.5 Å². The van der Waals surface area contributed by atoms with Crippen molar-refractivity contribution < 1.29 is 0 Å². The number of nitrogens with one attached hydrogen (secondary N) is 1. The van der Waals surface area contributed by atoms with Gasteiger partial charge in [-0.3, -0.25) is 0 Å². The Hall–Kier alpha value is -1.18. The van der Waals surface area contributed by atoms with Gasteiger partial charge >= 0.3 is 0 Å². The quantitative estimate of drug-likeness (QED) is 0.857. The smallest absolute Gasteiger partial charge is 0.179 e. The third-order valence-electron chi connectivity index (χ3n) is 2.92. The van der Waals surface area contributed by atoms with E-state index >= 15 is 0 Å². The lowest BCUT2D eigenvalue weighted by atomic mass is 10.4. The Balaban J connectivity index is 2.00. The van der Waals surface area contributed by atoms with Crippen LogP contribution in [0.25, 0.3) is 11.5 Å². The lowest BCUT2D eigenvalue weighted by Gasteiger charge is -2.08. The second kappa shape index (κ2) is 4.83.